The maximum Gasteiger partial charge on any atom is 0.135 e. The van der Waals surface area contributed by atoms with E-state index in [1.807, 2.05) is 17.9 Å². The standard InChI is InChI=1S/C12H17N5S/c1-8(2)10-11(13-3)15-6-16-12(10)14-4-9-5-18-7-17-9/h5-8H,4H2,1-3H3,(H2,13,14,15,16). The summed E-state index contributed by atoms with van der Waals surface area (Å²) in [5.41, 5.74) is 3.97. The van der Waals surface area contributed by atoms with Gasteiger partial charge in [0.1, 0.15) is 18.0 Å². The molecule has 18 heavy (non-hydrogen) atoms. The zero-order chi connectivity index (χ0) is 13.0. The van der Waals surface area contributed by atoms with Gasteiger partial charge in [0.2, 0.25) is 0 Å². The lowest BCUT2D eigenvalue weighted by molar-refractivity contribution is 0.845. The van der Waals surface area contributed by atoms with Gasteiger partial charge in [-0.2, -0.15) is 0 Å². The van der Waals surface area contributed by atoms with Crippen molar-refractivity contribution in [2.24, 2.45) is 0 Å². The van der Waals surface area contributed by atoms with Crippen molar-refractivity contribution in [1.82, 2.24) is 15.0 Å². The molecule has 0 unspecified atom stereocenters. The summed E-state index contributed by atoms with van der Waals surface area (Å²) in [7, 11) is 1.87. The van der Waals surface area contributed by atoms with E-state index in [2.05, 4.69) is 39.4 Å². The smallest absolute Gasteiger partial charge is 0.135 e. The molecule has 5 nitrogen and oxygen atoms in total. The van der Waals surface area contributed by atoms with Crippen LogP contribution in [0.15, 0.2) is 17.2 Å². The van der Waals surface area contributed by atoms with Crippen LogP contribution in [0.4, 0.5) is 11.6 Å². The van der Waals surface area contributed by atoms with Crippen LogP contribution in [-0.4, -0.2) is 22.0 Å². The molecule has 0 atom stereocenters. The number of hydrogen-bond acceptors (Lipinski definition) is 6. The molecule has 96 valence electrons. The summed E-state index contributed by atoms with van der Waals surface area (Å²) in [4.78, 5) is 12.8. The van der Waals surface area contributed by atoms with Gasteiger partial charge < -0.3 is 10.6 Å². The molecule has 2 aromatic heterocycles. The van der Waals surface area contributed by atoms with Crippen molar-refractivity contribution in [2.45, 2.75) is 26.3 Å². The first-order valence-electron chi connectivity index (χ1n) is 5.86. The Morgan fingerprint density at radius 3 is 2.61 bits per heavy atom. The summed E-state index contributed by atoms with van der Waals surface area (Å²) in [5.74, 6) is 2.10. The van der Waals surface area contributed by atoms with Crippen LogP contribution in [0.25, 0.3) is 0 Å². The molecule has 0 saturated carbocycles. The summed E-state index contributed by atoms with van der Waals surface area (Å²) in [6.45, 7) is 4.95. The predicted molar refractivity (Wildman–Crippen MR) is 75.1 cm³/mol. The monoisotopic (exact) mass is 263 g/mol. The van der Waals surface area contributed by atoms with Gasteiger partial charge in [0.15, 0.2) is 0 Å². The fraction of sp³-hybridized carbons (Fsp3) is 0.417. The first-order valence-corrected chi connectivity index (χ1v) is 6.80. The van der Waals surface area contributed by atoms with Gasteiger partial charge in [-0.15, -0.1) is 11.3 Å². The summed E-state index contributed by atoms with van der Waals surface area (Å²) in [6.07, 6.45) is 1.57. The maximum atomic E-state index is 4.32. The highest BCUT2D eigenvalue weighted by atomic mass is 32.1. The number of hydrogen-bond donors (Lipinski definition) is 2. The van der Waals surface area contributed by atoms with E-state index in [1.54, 1.807) is 17.7 Å². The van der Waals surface area contributed by atoms with Crippen molar-refractivity contribution >= 4 is 23.0 Å². The molecule has 0 bridgehead atoms. The van der Waals surface area contributed by atoms with E-state index < -0.39 is 0 Å². The molecular formula is C12H17N5S. The van der Waals surface area contributed by atoms with Gasteiger partial charge >= 0.3 is 0 Å². The van der Waals surface area contributed by atoms with Crippen LogP contribution < -0.4 is 10.6 Å². The van der Waals surface area contributed by atoms with Crippen molar-refractivity contribution in [1.29, 1.82) is 0 Å². The zero-order valence-electron chi connectivity index (χ0n) is 10.8. The van der Waals surface area contributed by atoms with Crippen LogP contribution in [0, 0.1) is 0 Å². The summed E-state index contributed by atoms with van der Waals surface area (Å²) >= 11 is 1.60. The maximum absolute atomic E-state index is 4.32. The van der Waals surface area contributed by atoms with Gasteiger partial charge in [0.25, 0.3) is 0 Å². The second-order valence-corrected chi connectivity index (χ2v) is 4.94. The van der Waals surface area contributed by atoms with E-state index in [-0.39, 0.29) is 0 Å². The number of aromatic nitrogens is 3. The van der Waals surface area contributed by atoms with Crippen LogP contribution in [-0.2, 0) is 6.54 Å². The van der Waals surface area contributed by atoms with E-state index in [0.29, 0.717) is 12.5 Å². The third-order valence-corrected chi connectivity index (χ3v) is 3.25. The van der Waals surface area contributed by atoms with Crippen LogP contribution in [0.1, 0.15) is 31.0 Å². The van der Waals surface area contributed by atoms with Crippen molar-refractivity contribution in [2.75, 3.05) is 17.7 Å². The second kappa shape index (κ2) is 5.77. The highest BCUT2D eigenvalue weighted by Crippen LogP contribution is 2.28. The zero-order valence-corrected chi connectivity index (χ0v) is 11.6. The van der Waals surface area contributed by atoms with Crippen molar-refractivity contribution in [3.63, 3.8) is 0 Å². The Kier molecular flexibility index (Phi) is 4.09. The molecule has 0 saturated heterocycles. The molecule has 2 N–H and O–H groups in total. The molecule has 0 spiro atoms. The Hall–Kier alpha value is -1.69. The molecular weight excluding hydrogens is 246 g/mol. The van der Waals surface area contributed by atoms with E-state index in [4.69, 9.17) is 0 Å². The fourth-order valence-corrected chi connectivity index (χ4v) is 2.34. The lowest BCUT2D eigenvalue weighted by Gasteiger charge is -2.16. The molecule has 0 amide bonds. The third-order valence-electron chi connectivity index (χ3n) is 2.62. The van der Waals surface area contributed by atoms with Crippen LogP contribution in [0.3, 0.4) is 0 Å². The molecule has 2 aromatic rings. The van der Waals surface area contributed by atoms with Gasteiger partial charge in [-0.05, 0) is 5.92 Å². The third kappa shape index (κ3) is 2.76. The van der Waals surface area contributed by atoms with Crippen molar-refractivity contribution < 1.29 is 0 Å². The highest BCUT2D eigenvalue weighted by molar-refractivity contribution is 7.07. The predicted octanol–water partition coefficient (Wildman–Crippen LogP) is 2.71. The van der Waals surface area contributed by atoms with E-state index in [9.17, 15) is 0 Å². The molecule has 0 fully saturated rings. The molecule has 0 radical (unpaired) electrons. The quantitative estimate of drug-likeness (QED) is 0.868. The van der Waals surface area contributed by atoms with E-state index in [0.717, 1.165) is 22.9 Å². The van der Waals surface area contributed by atoms with Crippen LogP contribution in [0.2, 0.25) is 0 Å². The average Bonchev–Trinajstić information content (AvgIpc) is 2.88. The van der Waals surface area contributed by atoms with Crippen LogP contribution >= 0.6 is 11.3 Å². The SMILES string of the molecule is CNc1ncnc(NCc2cscn2)c1C(C)C. The Bertz CT molecular complexity index is 495. The van der Waals surface area contributed by atoms with Crippen LogP contribution in [0.5, 0.6) is 0 Å². The largest absolute Gasteiger partial charge is 0.373 e. The van der Waals surface area contributed by atoms with Gasteiger partial charge in [-0.1, -0.05) is 13.8 Å². The topological polar surface area (TPSA) is 62.7 Å². The van der Waals surface area contributed by atoms with Gasteiger partial charge in [-0.3, -0.25) is 0 Å². The minimum atomic E-state index is 0.353. The molecule has 0 aliphatic carbocycles. The minimum absolute atomic E-state index is 0.353. The lowest BCUT2D eigenvalue weighted by atomic mass is 10.0. The summed E-state index contributed by atoms with van der Waals surface area (Å²) in [5, 5.41) is 8.46. The van der Waals surface area contributed by atoms with E-state index in [1.165, 1.54) is 0 Å². The Morgan fingerprint density at radius 1 is 1.22 bits per heavy atom. The molecule has 2 rings (SSSR count). The first-order chi connectivity index (χ1) is 8.72. The summed E-state index contributed by atoms with van der Waals surface area (Å²) < 4.78 is 0. The van der Waals surface area contributed by atoms with E-state index >= 15 is 0 Å². The second-order valence-electron chi connectivity index (χ2n) is 4.22. The molecule has 0 aliphatic heterocycles. The van der Waals surface area contributed by atoms with Crippen molar-refractivity contribution in [3.05, 3.63) is 28.5 Å². The van der Waals surface area contributed by atoms with Gasteiger partial charge in [0.05, 0.1) is 17.7 Å². The molecule has 0 aliphatic rings. The van der Waals surface area contributed by atoms with Gasteiger partial charge in [0, 0.05) is 18.0 Å². The van der Waals surface area contributed by atoms with Gasteiger partial charge in [-0.25, -0.2) is 15.0 Å². The summed E-state index contributed by atoms with van der Waals surface area (Å²) in [6, 6.07) is 0. The Morgan fingerprint density at radius 2 is 2.00 bits per heavy atom. The number of anilines is 2. The highest BCUT2D eigenvalue weighted by Gasteiger charge is 2.13. The number of nitrogens with zero attached hydrogens (tertiary/aromatic N) is 3. The number of nitrogens with one attached hydrogen (secondary N) is 2. The fourth-order valence-electron chi connectivity index (χ4n) is 1.78. The molecule has 2 heterocycles. The van der Waals surface area contributed by atoms with Crippen molar-refractivity contribution in [3.8, 4) is 0 Å². The Balaban J connectivity index is 2.21. The lowest BCUT2D eigenvalue weighted by Crippen LogP contribution is -2.09. The molecule has 0 aromatic carbocycles. The normalized spacial score (nSPS) is 10.7. The molecule has 6 heteroatoms. The minimum Gasteiger partial charge on any atom is -0.373 e. The number of thiazole rings is 1. The Labute approximate surface area is 111 Å². The average molecular weight is 263 g/mol. The number of rotatable bonds is 5. The first kappa shape index (κ1) is 12.8.